The van der Waals surface area contributed by atoms with Gasteiger partial charge >= 0.3 is 0 Å². The van der Waals surface area contributed by atoms with Crippen LogP contribution in [0.4, 0.5) is 0 Å². The number of piperidine rings is 1. The van der Waals surface area contributed by atoms with E-state index in [4.69, 9.17) is 4.74 Å². The third-order valence-electron chi connectivity index (χ3n) is 4.90. The summed E-state index contributed by atoms with van der Waals surface area (Å²) in [6, 6.07) is 10.1. The van der Waals surface area contributed by atoms with Gasteiger partial charge in [0.15, 0.2) is 0 Å². The van der Waals surface area contributed by atoms with Gasteiger partial charge in [0.25, 0.3) is 0 Å². The van der Waals surface area contributed by atoms with Crippen LogP contribution in [0.15, 0.2) is 42.7 Å². The first-order valence-corrected chi connectivity index (χ1v) is 8.58. The number of likely N-dealkylation sites (tertiary alicyclic amines) is 1. The molecule has 1 aromatic carbocycles. The maximum absolute atomic E-state index is 10.8. The third-order valence-corrected chi connectivity index (χ3v) is 4.90. The highest BCUT2D eigenvalue weighted by Crippen LogP contribution is 2.25. The Balaban J connectivity index is 1.50. The summed E-state index contributed by atoms with van der Waals surface area (Å²) in [6.45, 7) is 7.17. The summed E-state index contributed by atoms with van der Waals surface area (Å²) in [5, 5.41) is 10.8. The van der Waals surface area contributed by atoms with E-state index in [1.165, 1.54) is 16.7 Å². The summed E-state index contributed by atoms with van der Waals surface area (Å²) in [5.41, 5.74) is 2.95. The highest BCUT2D eigenvalue weighted by molar-refractivity contribution is 5.33. The normalized spacial score (nSPS) is 17.6. The van der Waals surface area contributed by atoms with Crippen LogP contribution in [0, 0.1) is 13.8 Å². The van der Waals surface area contributed by atoms with Crippen LogP contribution in [-0.2, 0) is 6.54 Å². The second kappa shape index (κ2) is 7.32. The van der Waals surface area contributed by atoms with Gasteiger partial charge < -0.3 is 9.84 Å². The fourth-order valence-corrected chi connectivity index (χ4v) is 3.04. The Morgan fingerprint density at radius 1 is 1.17 bits per heavy atom. The highest BCUT2D eigenvalue weighted by Gasteiger charge is 2.33. The molecule has 0 bridgehead atoms. The first-order valence-electron chi connectivity index (χ1n) is 8.58. The molecule has 128 valence electrons. The van der Waals surface area contributed by atoms with Crippen molar-refractivity contribution < 1.29 is 9.84 Å². The number of benzene rings is 1. The zero-order valence-corrected chi connectivity index (χ0v) is 14.5. The van der Waals surface area contributed by atoms with Gasteiger partial charge in [-0.1, -0.05) is 12.1 Å². The summed E-state index contributed by atoms with van der Waals surface area (Å²) in [6.07, 6.45) is 5.17. The zero-order valence-electron chi connectivity index (χ0n) is 14.5. The summed E-state index contributed by atoms with van der Waals surface area (Å²) in [4.78, 5) is 6.52. The zero-order chi connectivity index (χ0) is 17.0. The Labute approximate surface area is 144 Å². The fraction of sp³-hybridized carbons (Fsp3) is 0.450. The molecule has 0 spiro atoms. The number of aromatic nitrogens is 1. The lowest BCUT2D eigenvalue weighted by molar-refractivity contribution is -0.0537. The Morgan fingerprint density at radius 3 is 2.62 bits per heavy atom. The molecule has 0 atom stereocenters. The lowest BCUT2D eigenvalue weighted by atomic mass is 9.92. The summed E-state index contributed by atoms with van der Waals surface area (Å²) in [5.74, 6) is 0.837. The molecule has 1 aromatic heterocycles. The van der Waals surface area contributed by atoms with Crippen LogP contribution in [0.1, 0.15) is 29.5 Å². The number of pyridine rings is 1. The Morgan fingerprint density at radius 2 is 1.96 bits per heavy atom. The maximum Gasteiger partial charge on any atom is 0.119 e. The third kappa shape index (κ3) is 4.34. The minimum atomic E-state index is -0.732. The first-order chi connectivity index (χ1) is 11.5. The molecule has 0 unspecified atom stereocenters. The van der Waals surface area contributed by atoms with Gasteiger partial charge in [0.05, 0.1) is 0 Å². The number of aryl methyl sites for hydroxylation is 2. The molecule has 1 fully saturated rings. The van der Waals surface area contributed by atoms with Crippen LogP contribution in [-0.4, -0.2) is 40.3 Å². The van der Waals surface area contributed by atoms with Crippen molar-refractivity contribution >= 4 is 0 Å². The summed E-state index contributed by atoms with van der Waals surface area (Å²) in [7, 11) is 0. The number of hydrogen-bond acceptors (Lipinski definition) is 4. The van der Waals surface area contributed by atoms with Crippen LogP contribution >= 0.6 is 0 Å². The number of ether oxygens (including phenoxy) is 1. The van der Waals surface area contributed by atoms with Gasteiger partial charge in [0.1, 0.15) is 18.0 Å². The lowest BCUT2D eigenvalue weighted by Crippen LogP contribution is -2.47. The quantitative estimate of drug-likeness (QED) is 0.917. The number of rotatable bonds is 5. The molecule has 4 nitrogen and oxygen atoms in total. The molecule has 0 saturated carbocycles. The predicted molar refractivity (Wildman–Crippen MR) is 95.1 cm³/mol. The van der Waals surface area contributed by atoms with Crippen LogP contribution in [0.3, 0.4) is 0 Å². The maximum atomic E-state index is 10.8. The highest BCUT2D eigenvalue weighted by atomic mass is 16.5. The van der Waals surface area contributed by atoms with Crippen molar-refractivity contribution in [1.82, 2.24) is 9.88 Å². The topological polar surface area (TPSA) is 45.6 Å². The van der Waals surface area contributed by atoms with Gasteiger partial charge in [0.2, 0.25) is 0 Å². The molecule has 1 aliphatic heterocycles. The molecule has 3 rings (SSSR count). The molecule has 2 heterocycles. The lowest BCUT2D eigenvalue weighted by Gasteiger charge is -2.37. The fourth-order valence-electron chi connectivity index (χ4n) is 3.04. The average molecular weight is 326 g/mol. The molecule has 0 radical (unpaired) electrons. The van der Waals surface area contributed by atoms with Gasteiger partial charge in [-0.2, -0.15) is 0 Å². The van der Waals surface area contributed by atoms with E-state index in [1.807, 2.05) is 24.4 Å². The minimum absolute atomic E-state index is 0.357. The van der Waals surface area contributed by atoms with Crippen molar-refractivity contribution in [3.8, 4) is 5.75 Å². The second-order valence-electron chi connectivity index (χ2n) is 6.90. The van der Waals surface area contributed by atoms with Gasteiger partial charge in [0, 0.05) is 32.0 Å². The van der Waals surface area contributed by atoms with E-state index in [0.717, 1.165) is 38.2 Å². The molecule has 1 aliphatic rings. The Kier molecular flexibility index (Phi) is 5.17. The summed E-state index contributed by atoms with van der Waals surface area (Å²) >= 11 is 0. The van der Waals surface area contributed by atoms with E-state index in [2.05, 4.69) is 35.9 Å². The first kappa shape index (κ1) is 16.9. The average Bonchev–Trinajstić information content (AvgIpc) is 2.59. The van der Waals surface area contributed by atoms with E-state index >= 15 is 0 Å². The van der Waals surface area contributed by atoms with Crippen molar-refractivity contribution in [2.45, 2.75) is 38.8 Å². The van der Waals surface area contributed by atoms with Crippen molar-refractivity contribution in [1.29, 1.82) is 0 Å². The van der Waals surface area contributed by atoms with Crippen LogP contribution < -0.4 is 4.74 Å². The standard InChI is InChI=1S/C20H26N2O2/c1-16-5-6-19(12-17(16)2)24-15-20(23)7-10-22(11-8-20)14-18-4-3-9-21-13-18/h3-6,9,12-13,23H,7-8,10-11,14-15H2,1-2H3. The SMILES string of the molecule is Cc1ccc(OCC2(O)CCN(Cc3cccnc3)CC2)cc1C. The summed E-state index contributed by atoms with van der Waals surface area (Å²) < 4.78 is 5.86. The number of hydrogen-bond donors (Lipinski definition) is 1. The van der Waals surface area contributed by atoms with E-state index in [9.17, 15) is 5.11 Å². The van der Waals surface area contributed by atoms with Gasteiger partial charge in [-0.05, 0) is 61.6 Å². The van der Waals surface area contributed by atoms with Crippen molar-refractivity contribution in [2.75, 3.05) is 19.7 Å². The number of nitrogens with zero attached hydrogens (tertiary/aromatic N) is 2. The van der Waals surface area contributed by atoms with Gasteiger partial charge in [-0.25, -0.2) is 0 Å². The predicted octanol–water partition coefficient (Wildman–Crippen LogP) is 3.10. The Bertz CT molecular complexity index is 665. The minimum Gasteiger partial charge on any atom is -0.491 e. The molecule has 1 N–H and O–H groups in total. The van der Waals surface area contributed by atoms with Crippen LogP contribution in [0.2, 0.25) is 0 Å². The van der Waals surface area contributed by atoms with Gasteiger partial charge in [-0.15, -0.1) is 0 Å². The van der Waals surface area contributed by atoms with Crippen molar-refractivity contribution in [3.63, 3.8) is 0 Å². The van der Waals surface area contributed by atoms with Gasteiger partial charge in [-0.3, -0.25) is 9.88 Å². The molecule has 0 aliphatic carbocycles. The largest absolute Gasteiger partial charge is 0.491 e. The van der Waals surface area contributed by atoms with E-state index in [0.29, 0.717) is 6.61 Å². The molecular formula is C20H26N2O2. The van der Waals surface area contributed by atoms with Crippen molar-refractivity contribution in [3.05, 3.63) is 59.4 Å². The van der Waals surface area contributed by atoms with E-state index in [1.54, 1.807) is 6.20 Å². The van der Waals surface area contributed by atoms with E-state index in [-0.39, 0.29) is 0 Å². The Hall–Kier alpha value is -1.91. The molecule has 2 aromatic rings. The smallest absolute Gasteiger partial charge is 0.119 e. The number of aliphatic hydroxyl groups is 1. The molecule has 0 amide bonds. The van der Waals surface area contributed by atoms with Crippen LogP contribution in [0.25, 0.3) is 0 Å². The van der Waals surface area contributed by atoms with Crippen molar-refractivity contribution in [2.24, 2.45) is 0 Å². The monoisotopic (exact) mass is 326 g/mol. The molecular weight excluding hydrogens is 300 g/mol. The van der Waals surface area contributed by atoms with E-state index < -0.39 is 5.60 Å². The second-order valence-corrected chi connectivity index (χ2v) is 6.90. The molecule has 1 saturated heterocycles. The van der Waals surface area contributed by atoms with Crippen LogP contribution in [0.5, 0.6) is 5.75 Å². The molecule has 4 heteroatoms. The molecule has 24 heavy (non-hydrogen) atoms.